The van der Waals surface area contributed by atoms with Crippen LogP contribution in [0.15, 0.2) is 0 Å². The van der Waals surface area contributed by atoms with Gasteiger partial charge in [0.05, 0.1) is 12.1 Å². The van der Waals surface area contributed by atoms with Gasteiger partial charge in [-0.3, -0.25) is 0 Å². The molecule has 1 atom stereocenters. The standard InChI is InChI=1S/C14H28O3.Li/c1-2-3-4-5-6-7-8-9-10-11-12-13(15)14(16)17;/h13,15H,2-12H2,1H3,(H,16,17);/q;+1/p-1. The molecule has 1 N–H and O–H groups in total. The molecule has 18 heavy (non-hydrogen) atoms. The Balaban J connectivity index is 0. The summed E-state index contributed by atoms with van der Waals surface area (Å²) in [7, 11) is 0. The van der Waals surface area contributed by atoms with Gasteiger partial charge in [-0.2, -0.15) is 0 Å². The van der Waals surface area contributed by atoms with Crippen molar-refractivity contribution in [2.75, 3.05) is 0 Å². The molecule has 0 fully saturated rings. The number of aliphatic hydroxyl groups excluding tert-OH is 1. The summed E-state index contributed by atoms with van der Waals surface area (Å²) in [5.74, 6) is -1.35. The van der Waals surface area contributed by atoms with Crippen LogP contribution in [0.1, 0.15) is 77.6 Å². The first-order valence-corrected chi connectivity index (χ1v) is 7.07. The van der Waals surface area contributed by atoms with Crippen LogP contribution in [-0.2, 0) is 4.79 Å². The maximum atomic E-state index is 10.2. The summed E-state index contributed by atoms with van der Waals surface area (Å²) in [6.45, 7) is 2.22. The fourth-order valence-corrected chi connectivity index (χ4v) is 1.94. The molecule has 0 spiro atoms. The predicted octanol–water partition coefficient (Wildman–Crippen LogP) is -0.588. The van der Waals surface area contributed by atoms with Crippen molar-refractivity contribution in [1.29, 1.82) is 0 Å². The number of carbonyl (C=O) groups excluding carboxylic acids is 1. The molecular formula is C14H27LiO3. The minimum atomic E-state index is -1.35. The van der Waals surface area contributed by atoms with Crippen molar-refractivity contribution < 1.29 is 33.9 Å². The Kier molecular flexibility index (Phi) is 17.1. The van der Waals surface area contributed by atoms with E-state index in [-0.39, 0.29) is 18.9 Å². The van der Waals surface area contributed by atoms with Gasteiger partial charge in [0, 0.05) is 0 Å². The molecule has 3 nitrogen and oxygen atoms in total. The zero-order chi connectivity index (χ0) is 12.9. The van der Waals surface area contributed by atoms with Gasteiger partial charge in [-0.05, 0) is 6.42 Å². The Hall–Kier alpha value is 0.0274. The Bertz CT molecular complexity index is 186. The van der Waals surface area contributed by atoms with E-state index in [4.69, 9.17) is 5.11 Å². The zero-order valence-corrected chi connectivity index (χ0v) is 12.1. The molecule has 0 bridgehead atoms. The Morgan fingerprint density at radius 1 is 0.944 bits per heavy atom. The molecule has 0 saturated heterocycles. The number of hydrogen-bond acceptors (Lipinski definition) is 3. The van der Waals surface area contributed by atoms with Gasteiger partial charge in [-0.25, -0.2) is 0 Å². The topological polar surface area (TPSA) is 60.4 Å². The number of hydrogen-bond donors (Lipinski definition) is 1. The van der Waals surface area contributed by atoms with Crippen LogP contribution in [0.3, 0.4) is 0 Å². The largest absolute Gasteiger partial charge is 1.00 e. The average Bonchev–Trinajstić information content (AvgIpc) is 2.31. The summed E-state index contributed by atoms with van der Waals surface area (Å²) in [5.41, 5.74) is 0. The van der Waals surface area contributed by atoms with Crippen molar-refractivity contribution in [3.8, 4) is 0 Å². The molecule has 0 heterocycles. The van der Waals surface area contributed by atoms with Gasteiger partial charge in [-0.15, -0.1) is 0 Å². The molecule has 0 aromatic carbocycles. The first-order valence-electron chi connectivity index (χ1n) is 7.07. The molecule has 0 radical (unpaired) electrons. The minimum Gasteiger partial charge on any atom is -0.547 e. The van der Waals surface area contributed by atoms with E-state index in [2.05, 4.69) is 6.92 Å². The van der Waals surface area contributed by atoms with Crippen LogP contribution in [0.2, 0.25) is 0 Å². The van der Waals surface area contributed by atoms with E-state index in [0.717, 1.165) is 19.3 Å². The van der Waals surface area contributed by atoms with Crippen LogP contribution in [0.5, 0.6) is 0 Å². The molecule has 0 aromatic rings. The normalized spacial score (nSPS) is 11.9. The van der Waals surface area contributed by atoms with Crippen molar-refractivity contribution in [2.24, 2.45) is 0 Å². The van der Waals surface area contributed by atoms with Crippen molar-refractivity contribution >= 4 is 5.97 Å². The first-order chi connectivity index (χ1) is 8.18. The molecule has 0 rings (SSSR count). The monoisotopic (exact) mass is 250 g/mol. The predicted molar refractivity (Wildman–Crippen MR) is 67.5 cm³/mol. The fourth-order valence-electron chi connectivity index (χ4n) is 1.94. The molecule has 102 valence electrons. The van der Waals surface area contributed by atoms with Crippen molar-refractivity contribution in [3.05, 3.63) is 0 Å². The van der Waals surface area contributed by atoms with Gasteiger partial charge >= 0.3 is 18.9 Å². The smallest absolute Gasteiger partial charge is 0.547 e. The first kappa shape index (κ1) is 20.3. The summed E-state index contributed by atoms with van der Waals surface area (Å²) in [6.07, 6.45) is 11.2. The van der Waals surface area contributed by atoms with Crippen LogP contribution < -0.4 is 24.0 Å². The number of rotatable bonds is 12. The van der Waals surface area contributed by atoms with Crippen LogP contribution in [0, 0.1) is 0 Å². The maximum Gasteiger partial charge on any atom is 1.00 e. The van der Waals surface area contributed by atoms with E-state index in [1.807, 2.05) is 0 Å². The van der Waals surface area contributed by atoms with Crippen LogP contribution in [0.25, 0.3) is 0 Å². The number of carbonyl (C=O) groups is 1. The van der Waals surface area contributed by atoms with E-state index in [1.165, 1.54) is 44.9 Å². The number of aliphatic hydroxyl groups is 1. The van der Waals surface area contributed by atoms with Gasteiger partial charge in [-0.1, -0.05) is 71.1 Å². The van der Waals surface area contributed by atoms with Crippen LogP contribution in [-0.4, -0.2) is 17.2 Å². The molecule has 4 heteroatoms. The number of unbranched alkanes of at least 4 members (excludes halogenated alkanes) is 9. The second-order valence-corrected chi connectivity index (χ2v) is 4.81. The number of aliphatic carboxylic acids is 1. The van der Waals surface area contributed by atoms with E-state index in [9.17, 15) is 9.90 Å². The molecule has 1 unspecified atom stereocenters. The van der Waals surface area contributed by atoms with Crippen LogP contribution >= 0.6 is 0 Å². The SMILES string of the molecule is CCCCCCCCCCCCC(O)C(=O)[O-].[Li+]. The van der Waals surface area contributed by atoms with Crippen LogP contribution in [0.4, 0.5) is 0 Å². The molecule has 0 saturated carbocycles. The second kappa shape index (κ2) is 15.1. The van der Waals surface area contributed by atoms with E-state index in [1.54, 1.807) is 0 Å². The Morgan fingerprint density at radius 3 is 1.72 bits per heavy atom. The molecule has 0 aliphatic rings. The summed E-state index contributed by atoms with van der Waals surface area (Å²) >= 11 is 0. The molecule has 0 aliphatic carbocycles. The third kappa shape index (κ3) is 14.1. The summed E-state index contributed by atoms with van der Waals surface area (Å²) < 4.78 is 0. The quantitative estimate of drug-likeness (QED) is 0.372. The number of carboxylic acid groups (broad SMARTS) is 1. The van der Waals surface area contributed by atoms with Gasteiger partial charge in [0.2, 0.25) is 0 Å². The van der Waals surface area contributed by atoms with Gasteiger partial charge < -0.3 is 15.0 Å². The van der Waals surface area contributed by atoms with Gasteiger partial charge in [0.15, 0.2) is 0 Å². The average molecular weight is 250 g/mol. The van der Waals surface area contributed by atoms with E-state index < -0.39 is 12.1 Å². The molecule has 0 amide bonds. The minimum absolute atomic E-state index is 0. The van der Waals surface area contributed by atoms with E-state index in [0.29, 0.717) is 6.42 Å². The Morgan fingerprint density at radius 2 is 1.33 bits per heavy atom. The van der Waals surface area contributed by atoms with Crippen molar-refractivity contribution in [2.45, 2.75) is 83.7 Å². The number of carboxylic acids is 1. The second-order valence-electron chi connectivity index (χ2n) is 4.81. The third-order valence-electron chi connectivity index (χ3n) is 3.10. The zero-order valence-electron chi connectivity index (χ0n) is 12.1. The molecule has 0 aliphatic heterocycles. The molecular weight excluding hydrogens is 223 g/mol. The van der Waals surface area contributed by atoms with Crippen molar-refractivity contribution in [1.82, 2.24) is 0 Å². The van der Waals surface area contributed by atoms with Gasteiger partial charge in [0.25, 0.3) is 0 Å². The maximum absolute atomic E-state index is 10.2. The molecule has 0 aromatic heterocycles. The summed E-state index contributed by atoms with van der Waals surface area (Å²) in [6, 6.07) is 0. The third-order valence-corrected chi connectivity index (χ3v) is 3.10. The summed E-state index contributed by atoms with van der Waals surface area (Å²) in [5, 5.41) is 19.2. The van der Waals surface area contributed by atoms with Crippen molar-refractivity contribution in [3.63, 3.8) is 0 Å². The fraction of sp³-hybridized carbons (Fsp3) is 0.929. The van der Waals surface area contributed by atoms with E-state index >= 15 is 0 Å². The Labute approximate surface area is 124 Å². The van der Waals surface area contributed by atoms with Gasteiger partial charge in [0.1, 0.15) is 0 Å². The summed E-state index contributed by atoms with van der Waals surface area (Å²) in [4.78, 5) is 10.2.